The van der Waals surface area contributed by atoms with Crippen LogP contribution in [0.25, 0.3) is 0 Å². The normalized spacial score (nSPS) is 26.6. The van der Waals surface area contributed by atoms with Gasteiger partial charge in [-0.1, -0.05) is 13.8 Å². The van der Waals surface area contributed by atoms with Gasteiger partial charge in [0.05, 0.1) is 5.69 Å². The van der Waals surface area contributed by atoms with E-state index in [-0.39, 0.29) is 11.7 Å². The molecule has 1 fully saturated rings. The lowest BCUT2D eigenvalue weighted by atomic mass is 9.85. The third-order valence-corrected chi connectivity index (χ3v) is 4.19. The molecule has 0 aliphatic carbocycles. The van der Waals surface area contributed by atoms with E-state index in [2.05, 4.69) is 0 Å². The van der Waals surface area contributed by atoms with Crippen molar-refractivity contribution >= 4 is 11.6 Å². The Hall–Kier alpha value is -1.65. The predicted octanol–water partition coefficient (Wildman–Crippen LogP) is 3.05. The third-order valence-electron chi connectivity index (χ3n) is 4.19. The Labute approximate surface area is 117 Å². The van der Waals surface area contributed by atoms with Crippen LogP contribution in [0, 0.1) is 23.5 Å². The van der Waals surface area contributed by atoms with E-state index in [4.69, 9.17) is 5.73 Å². The number of hydrogen-bond acceptors (Lipinski definition) is 2. The second-order valence-electron chi connectivity index (χ2n) is 5.84. The van der Waals surface area contributed by atoms with Crippen LogP contribution in [0.15, 0.2) is 12.1 Å². The summed E-state index contributed by atoms with van der Waals surface area (Å²) in [5.74, 6) is -1.82. The molecule has 3 atom stereocenters. The Morgan fingerprint density at radius 2 is 1.95 bits per heavy atom. The maximum atomic E-state index is 14.0. The summed E-state index contributed by atoms with van der Waals surface area (Å²) in [4.78, 5) is 14.0. The molecular weight excluding hydrogens is 262 g/mol. The topological polar surface area (TPSA) is 46.3 Å². The van der Waals surface area contributed by atoms with Crippen LogP contribution in [0.4, 0.5) is 14.5 Å². The molecule has 2 N–H and O–H groups in total. The molecule has 2 rings (SSSR count). The molecule has 0 aromatic heterocycles. The molecule has 1 amide bonds. The number of carbonyl (C=O) groups excluding carboxylic acids is 1. The van der Waals surface area contributed by atoms with Gasteiger partial charge in [-0.15, -0.1) is 0 Å². The zero-order valence-corrected chi connectivity index (χ0v) is 12.0. The molecule has 1 aliphatic heterocycles. The maximum absolute atomic E-state index is 14.0. The van der Waals surface area contributed by atoms with E-state index >= 15 is 0 Å². The number of amides is 1. The van der Waals surface area contributed by atoms with Crippen molar-refractivity contribution < 1.29 is 13.6 Å². The van der Waals surface area contributed by atoms with Gasteiger partial charge in [0, 0.05) is 12.6 Å². The van der Waals surface area contributed by atoms with Crippen molar-refractivity contribution in [1.82, 2.24) is 4.90 Å². The Morgan fingerprint density at radius 3 is 2.60 bits per heavy atom. The Bertz CT molecular complexity index is 533. The Kier molecular flexibility index (Phi) is 3.97. The zero-order valence-electron chi connectivity index (χ0n) is 12.0. The molecule has 1 saturated heterocycles. The van der Waals surface area contributed by atoms with Crippen LogP contribution >= 0.6 is 0 Å². The fourth-order valence-electron chi connectivity index (χ4n) is 2.89. The summed E-state index contributed by atoms with van der Waals surface area (Å²) >= 11 is 0. The quantitative estimate of drug-likeness (QED) is 0.805. The highest BCUT2D eigenvalue weighted by molar-refractivity contribution is 5.96. The van der Waals surface area contributed by atoms with Crippen molar-refractivity contribution in [3.63, 3.8) is 0 Å². The summed E-state index contributed by atoms with van der Waals surface area (Å²) in [6.07, 6.45) is 1.01. The second-order valence-corrected chi connectivity index (χ2v) is 5.84. The van der Waals surface area contributed by atoms with Crippen LogP contribution in [0.3, 0.4) is 0 Å². The number of benzene rings is 1. The van der Waals surface area contributed by atoms with Gasteiger partial charge < -0.3 is 10.6 Å². The van der Waals surface area contributed by atoms with Crippen LogP contribution < -0.4 is 5.73 Å². The van der Waals surface area contributed by atoms with E-state index in [0.717, 1.165) is 18.6 Å². The van der Waals surface area contributed by atoms with E-state index in [1.807, 2.05) is 20.8 Å². The molecule has 20 heavy (non-hydrogen) atoms. The number of halogens is 2. The number of nitrogens with zero attached hydrogens (tertiary/aromatic N) is 1. The standard InChI is InChI=1S/C15H20F2N2O/c1-8-6-9(2)10(3)19(7-8)15(20)13-11(16)4-5-12(18)14(13)17/h4-5,8-10H,6-7,18H2,1-3H3. The van der Waals surface area contributed by atoms with Crippen molar-refractivity contribution in [3.05, 3.63) is 29.3 Å². The molecule has 0 bridgehead atoms. The molecular formula is C15H20F2N2O. The monoisotopic (exact) mass is 282 g/mol. The number of carbonyl (C=O) groups is 1. The zero-order chi connectivity index (χ0) is 15.0. The van der Waals surface area contributed by atoms with E-state index < -0.39 is 23.1 Å². The van der Waals surface area contributed by atoms with Crippen LogP contribution in [0.2, 0.25) is 0 Å². The van der Waals surface area contributed by atoms with Gasteiger partial charge in [0.1, 0.15) is 11.4 Å². The lowest BCUT2D eigenvalue weighted by Crippen LogP contribution is -2.49. The average Bonchev–Trinajstić information content (AvgIpc) is 2.38. The molecule has 3 nitrogen and oxygen atoms in total. The van der Waals surface area contributed by atoms with Crippen molar-refractivity contribution in [2.24, 2.45) is 11.8 Å². The lowest BCUT2D eigenvalue weighted by Gasteiger charge is -2.41. The summed E-state index contributed by atoms with van der Waals surface area (Å²) in [6, 6.07) is 2.12. The molecule has 1 heterocycles. The summed E-state index contributed by atoms with van der Waals surface area (Å²) < 4.78 is 27.8. The highest BCUT2D eigenvalue weighted by Gasteiger charge is 2.34. The van der Waals surface area contributed by atoms with Crippen LogP contribution in [-0.4, -0.2) is 23.4 Å². The highest BCUT2D eigenvalue weighted by atomic mass is 19.1. The van der Waals surface area contributed by atoms with Gasteiger partial charge in [0.2, 0.25) is 0 Å². The SMILES string of the molecule is CC1CC(C)C(C)N(C(=O)c2c(F)ccc(N)c2F)C1. The van der Waals surface area contributed by atoms with Crippen molar-refractivity contribution in [2.75, 3.05) is 12.3 Å². The van der Waals surface area contributed by atoms with E-state index in [1.54, 1.807) is 4.90 Å². The number of piperidine rings is 1. The molecule has 5 heteroatoms. The molecule has 1 aromatic carbocycles. The predicted molar refractivity (Wildman–Crippen MR) is 74.2 cm³/mol. The first kappa shape index (κ1) is 14.8. The Balaban J connectivity index is 2.38. The third kappa shape index (κ3) is 2.49. The minimum atomic E-state index is -0.965. The van der Waals surface area contributed by atoms with Crippen molar-refractivity contribution in [1.29, 1.82) is 0 Å². The van der Waals surface area contributed by atoms with Gasteiger partial charge in [-0.05, 0) is 37.3 Å². The van der Waals surface area contributed by atoms with Gasteiger partial charge in [0.15, 0.2) is 5.82 Å². The summed E-state index contributed by atoms with van der Waals surface area (Å²) in [5, 5.41) is 0. The molecule has 1 aliphatic rings. The molecule has 0 radical (unpaired) electrons. The molecule has 110 valence electrons. The summed E-state index contributed by atoms with van der Waals surface area (Å²) in [7, 11) is 0. The van der Waals surface area contributed by atoms with Crippen LogP contribution in [-0.2, 0) is 0 Å². The number of likely N-dealkylation sites (tertiary alicyclic amines) is 1. The van der Waals surface area contributed by atoms with Crippen LogP contribution in [0.5, 0.6) is 0 Å². The maximum Gasteiger partial charge on any atom is 0.260 e. The Morgan fingerprint density at radius 1 is 1.30 bits per heavy atom. The summed E-state index contributed by atoms with van der Waals surface area (Å²) in [5.41, 5.74) is 4.68. The van der Waals surface area contributed by atoms with Gasteiger partial charge in [-0.25, -0.2) is 8.78 Å². The average molecular weight is 282 g/mol. The van der Waals surface area contributed by atoms with Gasteiger partial charge in [-0.3, -0.25) is 4.79 Å². The number of anilines is 1. The van der Waals surface area contributed by atoms with Crippen LogP contribution in [0.1, 0.15) is 37.6 Å². The number of hydrogen-bond donors (Lipinski definition) is 1. The van der Waals surface area contributed by atoms with E-state index in [9.17, 15) is 13.6 Å². The molecule has 1 aromatic rings. The largest absolute Gasteiger partial charge is 0.396 e. The second kappa shape index (κ2) is 5.38. The van der Waals surface area contributed by atoms with Gasteiger partial charge >= 0.3 is 0 Å². The van der Waals surface area contributed by atoms with Gasteiger partial charge in [-0.2, -0.15) is 0 Å². The molecule has 0 spiro atoms. The first-order valence-electron chi connectivity index (χ1n) is 6.87. The van der Waals surface area contributed by atoms with E-state index in [0.29, 0.717) is 18.4 Å². The van der Waals surface area contributed by atoms with E-state index in [1.165, 1.54) is 0 Å². The molecule has 3 unspecified atom stereocenters. The number of nitrogens with two attached hydrogens (primary N) is 1. The smallest absolute Gasteiger partial charge is 0.260 e. The first-order valence-corrected chi connectivity index (χ1v) is 6.87. The van der Waals surface area contributed by atoms with Crippen molar-refractivity contribution in [3.8, 4) is 0 Å². The lowest BCUT2D eigenvalue weighted by molar-refractivity contribution is 0.0446. The summed E-state index contributed by atoms with van der Waals surface area (Å²) in [6.45, 7) is 6.51. The number of nitrogen functional groups attached to an aromatic ring is 1. The number of rotatable bonds is 1. The minimum absolute atomic E-state index is 0.0427. The van der Waals surface area contributed by atoms with Gasteiger partial charge in [0.25, 0.3) is 5.91 Å². The fourth-order valence-corrected chi connectivity index (χ4v) is 2.89. The van der Waals surface area contributed by atoms with Crippen molar-refractivity contribution in [2.45, 2.75) is 33.2 Å². The fraction of sp³-hybridized carbons (Fsp3) is 0.533. The highest BCUT2D eigenvalue weighted by Crippen LogP contribution is 2.30. The first-order chi connectivity index (χ1) is 9.32. The minimum Gasteiger partial charge on any atom is -0.396 e. The molecule has 0 saturated carbocycles.